The van der Waals surface area contributed by atoms with E-state index in [4.69, 9.17) is 0 Å². The molecule has 0 aliphatic carbocycles. The third kappa shape index (κ3) is 2.46. The number of aromatic amines is 1. The average molecular weight is 361 g/mol. The molecule has 2 heteroatoms. The Labute approximate surface area is 164 Å². The maximum atomic E-state index is 3.47. The lowest BCUT2D eigenvalue weighted by Gasteiger charge is -2.33. The summed E-state index contributed by atoms with van der Waals surface area (Å²) < 4.78 is 2.36. The first-order valence-corrected chi connectivity index (χ1v) is 9.55. The Hall–Kier alpha value is -3.65. The van der Waals surface area contributed by atoms with E-state index < -0.39 is 5.54 Å². The Morgan fingerprint density at radius 2 is 0.929 bits per heavy atom. The molecule has 0 aliphatic heterocycles. The van der Waals surface area contributed by atoms with Crippen LogP contribution in [-0.4, -0.2) is 4.98 Å². The second-order valence-corrected chi connectivity index (χ2v) is 6.97. The fourth-order valence-corrected chi connectivity index (χ4v) is 4.24. The van der Waals surface area contributed by atoms with Crippen LogP contribution < -0.4 is 4.57 Å². The first kappa shape index (κ1) is 16.5. The second-order valence-electron chi connectivity index (χ2n) is 6.97. The SMILES string of the molecule is c1ccc(C(c2ccccc2)(c2ccccc2)[n+]2c[nH]c3ccccc32)cc1. The van der Waals surface area contributed by atoms with Gasteiger partial charge in [0, 0.05) is 16.7 Å². The smallest absolute Gasteiger partial charge is 0.243 e. The molecule has 0 fully saturated rings. The number of nitrogens with one attached hydrogen (secondary N) is 1. The van der Waals surface area contributed by atoms with E-state index in [9.17, 15) is 0 Å². The molecule has 28 heavy (non-hydrogen) atoms. The van der Waals surface area contributed by atoms with Crippen LogP contribution >= 0.6 is 0 Å². The van der Waals surface area contributed by atoms with Gasteiger partial charge in [0.05, 0.1) is 0 Å². The van der Waals surface area contributed by atoms with Crippen LogP contribution in [0.3, 0.4) is 0 Å². The number of nitrogens with zero attached hydrogens (tertiary/aromatic N) is 1. The molecule has 1 N–H and O–H groups in total. The quantitative estimate of drug-likeness (QED) is 0.331. The number of para-hydroxylation sites is 2. The second kappa shape index (κ2) is 6.82. The Balaban J connectivity index is 1.96. The van der Waals surface area contributed by atoms with Gasteiger partial charge in [0.1, 0.15) is 0 Å². The van der Waals surface area contributed by atoms with Crippen molar-refractivity contribution in [2.24, 2.45) is 0 Å². The molecular formula is C26H21N2+. The summed E-state index contributed by atoms with van der Waals surface area (Å²) in [6.45, 7) is 0. The highest BCUT2D eigenvalue weighted by Crippen LogP contribution is 2.37. The molecule has 0 unspecified atom stereocenters. The molecule has 0 saturated carbocycles. The van der Waals surface area contributed by atoms with Crippen LogP contribution in [0.2, 0.25) is 0 Å². The molecular weight excluding hydrogens is 340 g/mol. The lowest BCUT2D eigenvalue weighted by atomic mass is 9.76. The summed E-state index contributed by atoms with van der Waals surface area (Å²) in [5, 5.41) is 0. The van der Waals surface area contributed by atoms with Crippen LogP contribution in [0.15, 0.2) is 122 Å². The first-order valence-electron chi connectivity index (χ1n) is 9.55. The topological polar surface area (TPSA) is 19.7 Å². The van der Waals surface area contributed by atoms with Crippen LogP contribution in [0.4, 0.5) is 0 Å². The van der Waals surface area contributed by atoms with Crippen LogP contribution in [0, 0.1) is 0 Å². The lowest BCUT2D eigenvalue weighted by Crippen LogP contribution is -2.57. The van der Waals surface area contributed by atoms with Gasteiger partial charge in [0.25, 0.3) is 0 Å². The van der Waals surface area contributed by atoms with Crippen molar-refractivity contribution < 1.29 is 4.57 Å². The van der Waals surface area contributed by atoms with Crippen LogP contribution in [0.5, 0.6) is 0 Å². The Bertz CT molecular complexity index is 1100. The Morgan fingerprint density at radius 1 is 0.500 bits per heavy atom. The van der Waals surface area contributed by atoms with E-state index in [0.29, 0.717) is 0 Å². The number of hydrogen-bond acceptors (Lipinski definition) is 0. The summed E-state index contributed by atoms with van der Waals surface area (Å²) in [7, 11) is 0. The van der Waals surface area contributed by atoms with Crippen molar-refractivity contribution >= 4 is 11.0 Å². The highest BCUT2D eigenvalue weighted by Gasteiger charge is 2.43. The highest BCUT2D eigenvalue weighted by molar-refractivity contribution is 5.71. The molecule has 2 nitrogen and oxygen atoms in total. The maximum Gasteiger partial charge on any atom is 0.243 e. The molecule has 0 amide bonds. The highest BCUT2D eigenvalue weighted by atomic mass is 15.1. The van der Waals surface area contributed by atoms with Gasteiger partial charge in [-0.05, 0) is 12.1 Å². The molecule has 134 valence electrons. The van der Waals surface area contributed by atoms with E-state index >= 15 is 0 Å². The normalized spacial score (nSPS) is 11.6. The average Bonchev–Trinajstić information content (AvgIpc) is 3.21. The number of H-pyrrole nitrogens is 1. The molecule has 0 aliphatic rings. The van der Waals surface area contributed by atoms with Crippen molar-refractivity contribution in [3.8, 4) is 0 Å². The summed E-state index contributed by atoms with van der Waals surface area (Å²) >= 11 is 0. The summed E-state index contributed by atoms with van der Waals surface area (Å²) in [6, 6.07) is 40.7. The van der Waals surface area contributed by atoms with Gasteiger partial charge in [-0.3, -0.25) is 0 Å². The van der Waals surface area contributed by atoms with Crippen LogP contribution in [0.1, 0.15) is 16.7 Å². The lowest BCUT2D eigenvalue weighted by molar-refractivity contribution is -0.710. The van der Waals surface area contributed by atoms with Crippen molar-refractivity contribution in [1.82, 2.24) is 4.98 Å². The minimum absolute atomic E-state index is 0.483. The summed E-state index contributed by atoms with van der Waals surface area (Å²) in [5.41, 5.74) is 5.48. The van der Waals surface area contributed by atoms with Crippen molar-refractivity contribution in [3.05, 3.63) is 138 Å². The van der Waals surface area contributed by atoms with Gasteiger partial charge in [-0.1, -0.05) is 103 Å². The van der Waals surface area contributed by atoms with Gasteiger partial charge in [-0.2, -0.15) is 0 Å². The van der Waals surface area contributed by atoms with Crippen molar-refractivity contribution in [2.75, 3.05) is 0 Å². The number of hydrogen-bond donors (Lipinski definition) is 1. The van der Waals surface area contributed by atoms with Gasteiger partial charge in [-0.15, -0.1) is 0 Å². The third-order valence-electron chi connectivity index (χ3n) is 5.45. The zero-order valence-electron chi connectivity index (χ0n) is 15.5. The fraction of sp³-hybridized carbons (Fsp3) is 0.0385. The summed E-state index contributed by atoms with van der Waals surface area (Å²) in [6.07, 6.45) is 2.09. The Morgan fingerprint density at radius 3 is 1.43 bits per heavy atom. The predicted octanol–water partition coefficient (Wildman–Crippen LogP) is 5.30. The zero-order valence-corrected chi connectivity index (χ0v) is 15.5. The largest absolute Gasteiger partial charge is 0.243 e. The monoisotopic (exact) mass is 361 g/mol. The van der Waals surface area contributed by atoms with E-state index in [0.717, 1.165) is 5.52 Å². The molecule has 1 heterocycles. The van der Waals surface area contributed by atoms with E-state index in [1.807, 2.05) is 0 Å². The zero-order chi connectivity index (χ0) is 18.8. The maximum absolute atomic E-state index is 3.47. The van der Waals surface area contributed by atoms with E-state index in [-0.39, 0.29) is 0 Å². The molecule has 0 bridgehead atoms. The number of benzene rings is 4. The fourth-order valence-electron chi connectivity index (χ4n) is 4.24. The van der Waals surface area contributed by atoms with E-state index in [1.54, 1.807) is 0 Å². The third-order valence-corrected chi connectivity index (χ3v) is 5.45. The minimum atomic E-state index is -0.483. The molecule has 0 spiro atoms. The van der Waals surface area contributed by atoms with Crippen LogP contribution in [0.25, 0.3) is 11.0 Å². The van der Waals surface area contributed by atoms with Gasteiger partial charge < -0.3 is 0 Å². The number of imidazole rings is 1. The van der Waals surface area contributed by atoms with E-state index in [2.05, 4.69) is 131 Å². The predicted molar refractivity (Wildman–Crippen MR) is 113 cm³/mol. The molecule has 5 aromatic rings. The molecule has 0 atom stereocenters. The summed E-state index contributed by atoms with van der Waals surface area (Å²) in [4.78, 5) is 3.47. The number of aromatic nitrogens is 2. The van der Waals surface area contributed by atoms with Crippen molar-refractivity contribution in [1.29, 1.82) is 0 Å². The number of fused-ring (bicyclic) bond motifs is 1. The summed E-state index contributed by atoms with van der Waals surface area (Å²) in [5.74, 6) is 0. The molecule has 4 aromatic carbocycles. The van der Waals surface area contributed by atoms with Gasteiger partial charge in [0.2, 0.25) is 6.33 Å². The van der Waals surface area contributed by atoms with Crippen molar-refractivity contribution in [3.63, 3.8) is 0 Å². The first-order chi connectivity index (χ1) is 13.9. The van der Waals surface area contributed by atoms with Gasteiger partial charge in [-0.25, -0.2) is 9.55 Å². The van der Waals surface area contributed by atoms with Gasteiger partial charge in [0.15, 0.2) is 16.6 Å². The minimum Gasteiger partial charge on any atom is -0.243 e. The van der Waals surface area contributed by atoms with Gasteiger partial charge >= 0.3 is 0 Å². The van der Waals surface area contributed by atoms with Crippen molar-refractivity contribution in [2.45, 2.75) is 5.54 Å². The molecule has 0 radical (unpaired) electrons. The number of rotatable bonds is 4. The molecule has 0 saturated heterocycles. The Kier molecular flexibility index (Phi) is 4.02. The molecule has 5 rings (SSSR count). The molecule has 1 aromatic heterocycles. The van der Waals surface area contributed by atoms with E-state index in [1.165, 1.54) is 22.2 Å². The standard InChI is InChI=1S/C26H20N2/c1-4-12-21(13-5-1)26(22-14-6-2-7-15-22,23-16-8-3-9-17-23)28-20-27-24-18-10-11-19-25(24)28/h1-20H/p+1. The van der Waals surface area contributed by atoms with Crippen LogP contribution in [-0.2, 0) is 5.54 Å².